The molecule has 0 radical (unpaired) electrons. The van der Waals surface area contributed by atoms with Gasteiger partial charge in [0.1, 0.15) is 5.82 Å². The van der Waals surface area contributed by atoms with Crippen molar-refractivity contribution in [1.82, 2.24) is 4.90 Å². The topological polar surface area (TPSA) is 77.8 Å². The molecule has 0 aliphatic carbocycles. The third kappa shape index (κ3) is 2.17. The summed E-state index contributed by atoms with van der Waals surface area (Å²) >= 11 is 0. The van der Waals surface area contributed by atoms with Crippen LogP contribution in [0.3, 0.4) is 0 Å². The Morgan fingerprint density at radius 1 is 1.22 bits per heavy atom. The third-order valence-electron chi connectivity index (χ3n) is 2.76. The second kappa shape index (κ2) is 4.48. The van der Waals surface area contributed by atoms with Crippen LogP contribution in [0.4, 0.5) is 9.18 Å². The van der Waals surface area contributed by atoms with Gasteiger partial charge in [0.05, 0.1) is 18.7 Å². The molecule has 0 saturated heterocycles. The number of aliphatic carboxylic acids is 1. The number of carboxylic acids is 1. The maximum atomic E-state index is 13.1. The Morgan fingerprint density at radius 2 is 1.94 bits per heavy atom. The summed E-state index contributed by atoms with van der Waals surface area (Å²) < 4.78 is 13.1. The van der Waals surface area contributed by atoms with Crippen LogP contribution < -0.4 is 0 Å². The van der Waals surface area contributed by atoms with E-state index in [0.29, 0.717) is 11.1 Å². The maximum absolute atomic E-state index is 13.1. The molecule has 1 aliphatic heterocycles. The van der Waals surface area contributed by atoms with Crippen LogP contribution in [0.25, 0.3) is 5.57 Å². The minimum atomic E-state index is -1.19. The summed E-state index contributed by atoms with van der Waals surface area (Å²) in [6.07, 6.45) is -1.19. The first kappa shape index (κ1) is 12.1. The van der Waals surface area contributed by atoms with E-state index in [1.54, 1.807) is 6.07 Å². The Morgan fingerprint density at radius 3 is 2.50 bits per heavy atom. The summed E-state index contributed by atoms with van der Waals surface area (Å²) in [5.74, 6) is -1.67. The molecule has 18 heavy (non-hydrogen) atoms. The molecule has 0 atom stereocenters. The van der Waals surface area contributed by atoms with Gasteiger partial charge in [0.15, 0.2) is 0 Å². The number of rotatable bonds is 2. The SMILES string of the molecule is O=C(O)C1=C(c2cccc(F)c2)CN(C(=O)O)C1. The van der Waals surface area contributed by atoms with Gasteiger partial charge in [-0.05, 0) is 23.3 Å². The lowest BCUT2D eigenvalue weighted by atomic mass is 10.0. The highest BCUT2D eigenvalue weighted by atomic mass is 19.1. The van der Waals surface area contributed by atoms with E-state index in [9.17, 15) is 14.0 Å². The molecule has 5 nitrogen and oxygen atoms in total. The summed E-state index contributed by atoms with van der Waals surface area (Å²) in [6.45, 7) is -0.225. The maximum Gasteiger partial charge on any atom is 0.407 e. The lowest BCUT2D eigenvalue weighted by molar-refractivity contribution is -0.132. The molecule has 94 valence electrons. The van der Waals surface area contributed by atoms with Gasteiger partial charge < -0.3 is 10.2 Å². The molecule has 0 aromatic heterocycles. The molecule has 1 heterocycles. The number of carboxylic acid groups (broad SMARTS) is 2. The van der Waals surface area contributed by atoms with Crippen LogP contribution in [0, 0.1) is 5.82 Å². The average molecular weight is 251 g/mol. The number of carbonyl (C=O) groups is 2. The Balaban J connectivity index is 2.42. The van der Waals surface area contributed by atoms with E-state index in [4.69, 9.17) is 10.2 Å². The Hall–Kier alpha value is -2.37. The normalized spacial score (nSPS) is 15.1. The smallest absolute Gasteiger partial charge is 0.407 e. The zero-order valence-electron chi connectivity index (χ0n) is 9.26. The summed E-state index contributed by atoms with van der Waals surface area (Å²) in [7, 11) is 0. The summed E-state index contributed by atoms with van der Waals surface area (Å²) in [5, 5.41) is 17.9. The summed E-state index contributed by atoms with van der Waals surface area (Å²) in [6, 6.07) is 5.46. The monoisotopic (exact) mass is 251 g/mol. The first-order chi connectivity index (χ1) is 8.49. The first-order valence-corrected chi connectivity index (χ1v) is 5.18. The van der Waals surface area contributed by atoms with Crippen LogP contribution in [-0.2, 0) is 4.79 Å². The molecule has 6 heteroatoms. The van der Waals surface area contributed by atoms with Gasteiger partial charge >= 0.3 is 12.1 Å². The largest absolute Gasteiger partial charge is 0.478 e. The molecule has 1 amide bonds. The van der Waals surface area contributed by atoms with Crippen molar-refractivity contribution in [3.05, 3.63) is 41.2 Å². The van der Waals surface area contributed by atoms with E-state index in [1.807, 2.05) is 0 Å². The van der Waals surface area contributed by atoms with E-state index >= 15 is 0 Å². The second-order valence-corrected chi connectivity index (χ2v) is 3.91. The van der Waals surface area contributed by atoms with Crippen molar-refractivity contribution in [1.29, 1.82) is 0 Å². The Kier molecular flexibility index (Phi) is 3.01. The van der Waals surface area contributed by atoms with Crippen LogP contribution in [0.2, 0.25) is 0 Å². The number of hydrogen-bond acceptors (Lipinski definition) is 2. The van der Waals surface area contributed by atoms with E-state index in [1.165, 1.54) is 18.2 Å². The Bertz CT molecular complexity index is 553. The van der Waals surface area contributed by atoms with Crippen molar-refractivity contribution in [3.63, 3.8) is 0 Å². The fraction of sp³-hybridized carbons (Fsp3) is 0.167. The van der Waals surface area contributed by atoms with Crippen molar-refractivity contribution in [2.45, 2.75) is 0 Å². The third-order valence-corrected chi connectivity index (χ3v) is 2.76. The molecule has 2 N–H and O–H groups in total. The van der Waals surface area contributed by atoms with Gasteiger partial charge in [-0.2, -0.15) is 0 Å². The highest BCUT2D eigenvalue weighted by Gasteiger charge is 2.30. The van der Waals surface area contributed by atoms with Gasteiger partial charge in [-0.3, -0.25) is 4.90 Å². The molecule has 2 rings (SSSR count). The fourth-order valence-corrected chi connectivity index (χ4v) is 1.90. The van der Waals surface area contributed by atoms with Gasteiger partial charge in [-0.1, -0.05) is 12.1 Å². The van der Waals surface area contributed by atoms with Gasteiger partial charge in [0.2, 0.25) is 0 Å². The first-order valence-electron chi connectivity index (χ1n) is 5.18. The standard InChI is InChI=1S/C12H10FNO4/c13-8-3-1-2-7(4-8)9-5-14(12(17)18)6-10(9)11(15)16/h1-4H,5-6H2,(H,15,16)(H,17,18). The number of hydrogen-bond donors (Lipinski definition) is 2. The predicted octanol–water partition coefficient (Wildman–Crippen LogP) is 1.66. The lowest BCUT2D eigenvalue weighted by Gasteiger charge is -2.11. The molecule has 0 saturated carbocycles. The van der Waals surface area contributed by atoms with Gasteiger partial charge in [0, 0.05) is 0 Å². The summed E-state index contributed by atoms with van der Waals surface area (Å²) in [4.78, 5) is 22.9. The van der Waals surface area contributed by atoms with Gasteiger partial charge in [-0.15, -0.1) is 0 Å². The van der Waals surface area contributed by atoms with Crippen molar-refractivity contribution in [2.24, 2.45) is 0 Å². The molecule has 0 spiro atoms. The minimum absolute atomic E-state index is 0.0111. The number of benzene rings is 1. The van der Waals surface area contributed by atoms with Crippen molar-refractivity contribution in [2.75, 3.05) is 13.1 Å². The van der Waals surface area contributed by atoms with Crippen molar-refractivity contribution < 1.29 is 24.2 Å². The molecular weight excluding hydrogens is 241 g/mol. The lowest BCUT2D eigenvalue weighted by Crippen LogP contribution is -2.28. The van der Waals surface area contributed by atoms with Crippen LogP contribution in [0.5, 0.6) is 0 Å². The van der Waals surface area contributed by atoms with E-state index < -0.39 is 17.9 Å². The van der Waals surface area contributed by atoms with Crippen molar-refractivity contribution in [3.8, 4) is 0 Å². The highest BCUT2D eigenvalue weighted by Crippen LogP contribution is 2.27. The van der Waals surface area contributed by atoms with E-state index in [0.717, 1.165) is 4.90 Å². The second-order valence-electron chi connectivity index (χ2n) is 3.91. The molecule has 1 aromatic carbocycles. The average Bonchev–Trinajstić information content (AvgIpc) is 2.73. The number of halogens is 1. The predicted molar refractivity (Wildman–Crippen MR) is 60.6 cm³/mol. The molecule has 1 aromatic rings. The molecule has 0 fully saturated rings. The zero-order chi connectivity index (χ0) is 13.3. The number of amides is 1. The Labute approximate surface area is 102 Å². The molecule has 1 aliphatic rings. The van der Waals surface area contributed by atoms with E-state index in [2.05, 4.69) is 0 Å². The summed E-state index contributed by atoms with van der Waals surface area (Å²) in [5.41, 5.74) is 0.726. The molecular formula is C12H10FNO4. The van der Waals surface area contributed by atoms with Crippen LogP contribution >= 0.6 is 0 Å². The molecule has 0 unspecified atom stereocenters. The van der Waals surface area contributed by atoms with Gasteiger partial charge in [0.25, 0.3) is 0 Å². The van der Waals surface area contributed by atoms with Crippen LogP contribution in [0.15, 0.2) is 29.8 Å². The van der Waals surface area contributed by atoms with Crippen LogP contribution in [-0.4, -0.2) is 40.3 Å². The van der Waals surface area contributed by atoms with Gasteiger partial charge in [-0.25, -0.2) is 14.0 Å². The van der Waals surface area contributed by atoms with Crippen LogP contribution in [0.1, 0.15) is 5.56 Å². The molecule has 0 bridgehead atoms. The van der Waals surface area contributed by atoms with E-state index in [-0.39, 0.29) is 18.7 Å². The number of nitrogens with zero attached hydrogens (tertiary/aromatic N) is 1. The quantitative estimate of drug-likeness (QED) is 0.837. The highest BCUT2D eigenvalue weighted by molar-refractivity contribution is 5.99. The fourth-order valence-electron chi connectivity index (χ4n) is 1.90. The van der Waals surface area contributed by atoms with Crippen molar-refractivity contribution >= 4 is 17.6 Å². The zero-order valence-corrected chi connectivity index (χ0v) is 9.26. The minimum Gasteiger partial charge on any atom is -0.478 e.